The molecule has 18 heavy (non-hydrogen) atoms. The molecule has 6 heteroatoms. The van der Waals surface area contributed by atoms with Crippen LogP contribution in [0.1, 0.15) is 11.5 Å². The second-order valence-corrected chi connectivity index (χ2v) is 4.39. The lowest BCUT2D eigenvalue weighted by Gasteiger charge is -2.05. The number of halogens is 1. The maximum atomic E-state index is 13.8. The maximum absolute atomic E-state index is 13.8. The fourth-order valence-electron chi connectivity index (χ4n) is 2.40. The highest BCUT2D eigenvalue weighted by Gasteiger charge is 2.50. The van der Waals surface area contributed by atoms with Crippen molar-refractivity contribution in [2.24, 2.45) is 11.8 Å². The number of nitrogens with one attached hydrogen (secondary N) is 1. The third-order valence-corrected chi connectivity index (χ3v) is 3.36. The highest BCUT2D eigenvalue weighted by Crippen LogP contribution is 2.54. The lowest BCUT2D eigenvalue weighted by Crippen LogP contribution is -2.07. The number of aliphatic hydroxyl groups is 2. The molecule has 2 rings (SSSR count). The lowest BCUT2D eigenvalue weighted by atomic mass is 10.1. The summed E-state index contributed by atoms with van der Waals surface area (Å²) in [6, 6.07) is 4.06. The number of hydrogen-bond donors (Lipinski definition) is 4. The van der Waals surface area contributed by atoms with E-state index in [9.17, 15) is 9.18 Å². The number of carbonyl (C=O) groups is 1. The van der Waals surface area contributed by atoms with Crippen molar-refractivity contribution in [2.45, 2.75) is 5.92 Å². The van der Waals surface area contributed by atoms with E-state index in [-0.39, 0.29) is 36.7 Å². The van der Waals surface area contributed by atoms with Crippen LogP contribution in [0, 0.1) is 17.7 Å². The molecule has 0 spiro atoms. The van der Waals surface area contributed by atoms with E-state index in [0.29, 0.717) is 5.56 Å². The van der Waals surface area contributed by atoms with E-state index in [1.807, 2.05) is 0 Å². The molecule has 5 nitrogen and oxygen atoms in total. The Morgan fingerprint density at radius 3 is 2.33 bits per heavy atom. The van der Waals surface area contributed by atoms with Crippen molar-refractivity contribution in [1.29, 1.82) is 0 Å². The molecule has 98 valence electrons. The predicted octanol–water partition coefficient (Wildman–Crippen LogP) is 1.23. The molecule has 1 fully saturated rings. The van der Waals surface area contributed by atoms with Gasteiger partial charge in [0.15, 0.2) is 0 Å². The smallest absolute Gasteiger partial charge is 0.409 e. The maximum Gasteiger partial charge on any atom is 0.409 e. The first-order valence-corrected chi connectivity index (χ1v) is 5.59. The second kappa shape index (κ2) is 4.91. The number of hydrogen-bond acceptors (Lipinski definition) is 3. The molecule has 0 radical (unpaired) electrons. The van der Waals surface area contributed by atoms with Crippen LogP contribution < -0.4 is 5.32 Å². The van der Waals surface area contributed by atoms with Crippen molar-refractivity contribution < 1.29 is 24.5 Å². The molecule has 0 bridgehead atoms. The summed E-state index contributed by atoms with van der Waals surface area (Å²) in [4.78, 5) is 10.4. The van der Waals surface area contributed by atoms with Gasteiger partial charge in [-0.3, -0.25) is 5.32 Å². The van der Waals surface area contributed by atoms with E-state index >= 15 is 0 Å². The van der Waals surface area contributed by atoms with Crippen LogP contribution in [0.2, 0.25) is 0 Å². The van der Waals surface area contributed by atoms with Gasteiger partial charge in [-0.1, -0.05) is 6.07 Å². The zero-order chi connectivity index (χ0) is 13.3. The van der Waals surface area contributed by atoms with Crippen LogP contribution in [0.5, 0.6) is 0 Å². The van der Waals surface area contributed by atoms with Gasteiger partial charge in [0.2, 0.25) is 0 Å². The van der Waals surface area contributed by atoms with Gasteiger partial charge in [-0.2, -0.15) is 0 Å². The number of anilines is 1. The van der Waals surface area contributed by atoms with Gasteiger partial charge in [0.25, 0.3) is 0 Å². The third-order valence-electron chi connectivity index (χ3n) is 3.36. The summed E-state index contributed by atoms with van der Waals surface area (Å²) in [6.45, 7) is -0.186. The van der Waals surface area contributed by atoms with Crippen LogP contribution in [0.15, 0.2) is 18.2 Å². The van der Waals surface area contributed by atoms with Crippen molar-refractivity contribution in [3.63, 3.8) is 0 Å². The Bertz CT molecular complexity index is 455. The Kier molecular flexibility index (Phi) is 3.49. The third kappa shape index (κ3) is 2.30. The summed E-state index contributed by atoms with van der Waals surface area (Å²) in [5.41, 5.74) is 0.564. The predicted molar refractivity (Wildman–Crippen MR) is 61.9 cm³/mol. The van der Waals surface area contributed by atoms with E-state index in [1.165, 1.54) is 12.1 Å². The Morgan fingerprint density at radius 1 is 1.28 bits per heavy atom. The number of rotatable bonds is 4. The molecule has 1 aliphatic carbocycles. The summed E-state index contributed by atoms with van der Waals surface area (Å²) < 4.78 is 13.8. The molecule has 0 heterocycles. The monoisotopic (exact) mass is 255 g/mol. The Labute approximate surface area is 103 Å². The fraction of sp³-hybridized carbons (Fsp3) is 0.417. The van der Waals surface area contributed by atoms with Crippen molar-refractivity contribution >= 4 is 11.8 Å². The molecule has 2 atom stereocenters. The molecule has 1 aromatic carbocycles. The molecule has 1 aromatic rings. The lowest BCUT2D eigenvalue weighted by molar-refractivity contribution is 0.209. The minimum Gasteiger partial charge on any atom is -0.465 e. The van der Waals surface area contributed by atoms with Crippen LogP contribution in [-0.4, -0.2) is 34.6 Å². The van der Waals surface area contributed by atoms with Gasteiger partial charge >= 0.3 is 6.09 Å². The van der Waals surface area contributed by atoms with Gasteiger partial charge < -0.3 is 15.3 Å². The Balaban J connectivity index is 2.18. The van der Waals surface area contributed by atoms with Crippen molar-refractivity contribution in [2.75, 3.05) is 18.5 Å². The van der Waals surface area contributed by atoms with Gasteiger partial charge in [0.05, 0.1) is 0 Å². The van der Waals surface area contributed by atoms with Crippen molar-refractivity contribution in [3.05, 3.63) is 29.6 Å². The number of carboxylic acid groups (broad SMARTS) is 1. The molecular weight excluding hydrogens is 241 g/mol. The van der Waals surface area contributed by atoms with Gasteiger partial charge in [0.1, 0.15) is 5.82 Å². The van der Waals surface area contributed by atoms with E-state index < -0.39 is 11.9 Å². The highest BCUT2D eigenvalue weighted by atomic mass is 19.1. The van der Waals surface area contributed by atoms with Gasteiger partial charge in [0, 0.05) is 18.9 Å². The molecule has 4 N–H and O–H groups in total. The topological polar surface area (TPSA) is 89.8 Å². The molecule has 1 aliphatic rings. The zero-order valence-electron chi connectivity index (χ0n) is 9.51. The summed E-state index contributed by atoms with van der Waals surface area (Å²) in [6.07, 6.45) is -1.25. The van der Waals surface area contributed by atoms with Crippen LogP contribution in [0.3, 0.4) is 0 Å². The molecule has 1 saturated carbocycles. The summed E-state index contributed by atoms with van der Waals surface area (Å²) in [5, 5.41) is 28.7. The van der Waals surface area contributed by atoms with Crippen molar-refractivity contribution in [1.82, 2.24) is 0 Å². The van der Waals surface area contributed by atoms with Crippen molar-refractivity contribution in [3.8, 4) is 0 Å². The largest absolute Gasteiger partial charge is 0.465 e. The Hall–Kier alpha value is -1.66. The minimum absolute atomic E-state index is 0.0928. The standard InChI is InChI=1S/C12H14FNO4/c13-10-3-6(14-12(17)18)1-2-7(10)11-8(4-15)9(11)5-16/h1-3,8-9,11,14-16H,4-5H2,(H,17,18). The quantitative estimate of drug-likeness (QED) is 0.651. The summed E-state index contributed by atoms with van der Waals surface area (Å²) in [7, 11) is 0. The first-order chi connectivity index (χ1) is 8.58. The normalized spacial score (nSPS) is 25.8. The average molecular weight is 255 g/mol. The van der Waals surface area contributed by atoms with Crippen LogP contribution >= 0.6 is 0 Å². The second-order valence-electron chi connectivity index (χ2n) is 4.39. The van der Waals surface area contributed by atoms with E-state index in [2.05, 4.69) is 5.32 Å². The van der Waals surface area contributed by atoms with E-state index in [4.69, 9.17) is 15.3 Å². The molecule has 1 amide bonds. The van der Waals surface area contributed by atoms with Crippen LogP contribution in [0.25, 0.3) is 0 Å². The Morgan fingerprint density at radius 2 is 1.89 bits per heavy atom. The average Bonchev–Trinajstić information content (AvgIpc) is 3.01. The highest BCUT2D eigenvalue weighted by molar-refractivity contribution is 5.82. The molecule has 0 aromatic heterocycles. The summed E-state index contributed by atoms with van der Waals surface area (Å²) in [5.74, 6) is -0.968. The first kappa shape index (κ1) is 12.8. The SMILES string of the molecule is O=C(O)Nc1ccc(C2C(CO)C2CO)c(F)c1. The van der Waals surface area contributed by atoms with Crippen LogP contribution in [-0.2, 0) is 0 Å². The van der Waals surface area contributed by atoms with Gasteiger partial charge in [-0.25, -0.2) is 9.18 Å². The van der Waals surface area contributed by atoms with E-state index in [1.54, 1.807) is 0 Å². The number of benzene rings is 1. The zero-order valence-corrected chi connectivity index (χ0v) is 9.51. The van der Waals surface area contributed by atoms with Gasteiger partial charge in [-0.15, -0.1) is 0 Å². The van der Waals surface area contributed by atoms with E-state index in [0.717, 1.165) is 6.07 Å². The summed E-state index contributed by atoms with van der Waals surface area (Å²) >= 11 is 0. The van der Waals surface area contributed by atoms with Crippen LogP contribution in [0.4, 0.5) is 14.9 Å². The minimum atomic E-state index is -1.25. The molecule has 0 saturated heterocycles. The first-order valence-electron chi connectivity index (χ1n) is 5.59. The fourth-order valence-corrected chi connectivity index (χ4v) is 2.40. The molecule has 0 aliphatic heterocycles. The molecule has 2 unspecified atom stereocenters. The number of amides is 1. The number of aliphatic hydroxyl groups excluding tert-OH is 2. The molecular formula is C12H14FNO4. The van der Waals surface area contributed by atoms with Gasteiger partial charge in [-0.05, 0) is 35.4 Å².